The van der Waals surface area contributed by atoms with Crippen LogP contribution in [0.2, 0.25) is 0 Å². The second-order valence-corrected chi connectivity index (χ2v) is 10.4. The number of hydrogen-bond donors (Lipinski definition) is 1. The van der Waals surface area contributed by atoms with E-state index in [0.717, 1.165) is 81.2 Å². The molecule has 5 rings (SSSR count). The highest BCUT2D eigenvalue weighted by atomic mass is 19.4. The number of aromatic nitrogens is 5. The molecule has 7 nitrogen and oxygen atoms in total. The highest BCUT2D eigenvalue weighted by Gasteiger charge is 2.43. The van der Waals surface area contributed by atoms with Crippen molar-refractivity contribution in [3.05, 3.63) is 59.9 Å². The summed E-state index contributed by atoms with van der Waals surface area (Å²) >= 11 is 0. The minimum Gasteiger partial charge on any atom is -0.356 e. The summed E-state index contributed by atoms with van der Waals surface area (Å²) in [6.45, 7) is 10.1. The minimum absolute atomic E-state index is 0.160. The Balaban J connectivity index is 1.30. The van der Waals surface area contributed by atoms with Crippen molar-refractivity contribution < 1.29 is 13.2 Å². The molecule has 1 N–H and O–H groups in total. The number of fused-ring (bicyclic) bond motifs is 3. The molecule has 1 saturated heterocycles. The molecule has 37 heavy (non-hydrogen) atoms. The van der Waals surface area contributed by atoms with E-state index >= 15 is 0 Å². The maximum atomic E-state index is 13.2. The number of allylic oxidation sites excluding steroid dienone is 5. The zero-order valence-electron chi connectivity index (χ0n) is 21.4. The first-order valence-corrected chi connectivity index (χ1v) is 13.1. The van der Waals surface area contributed by atoms with Crippen LogP contribution in [0.5, 0.6) is 0 Å². The third kappa shape index (κ3) is 5.43. The van der Waals surface area contributed by atoms with Crippen molar-refractivity contribution in [1.82, 2.24) is 24.7 Å². The normalized spacial score (nSPS) is 26.3. The van der Waals surface area contributed by atoms with Crippen LogP contribution in [0, 0.1) is 18.8 Å². The van der Waals surface area contributed by atoms with E-state index in [-0.39, 0.29) is 12.0 Å². The molecule has 2 aromatic heterocycles. The SMILES string of the molecule is C=C(/C=C\C(=C/C)C(F)(F)F)[C@H]1CCCCn2nc(NC3[C@@H]4CC[C@H]3CN(c3cc(C)ncn3)C4)nc21. The van der Waals surface area contributed by atoms with E-state index in [9.17, 15) is 13.2 Å². The topological polar surface area (TPSA) is 71.8 Å². The third-order valence-electron chi connectivity index (χ3n) is 7.93. The molecule has 4 atom stereocenters. The highest BCUT2D eigenvalue weighted by molar-refractivity contribution is 5.42. The quantitative estimate of drug-likeness (QED) is 0.508. The predicted molar refractivity (Wildman–Crippen MR) is 137 cm³/mol. The molecule has 1 unspecified atom stereocenters. The zero-order valence-corrected chi connectivity index (χ0v) is 21.4. The van der Waals surface area contributed by atoms with Gasteiger partial charge in [-0.3, -0.25) is 0 Å². The average molecular weight is 514 g/mol. The van der Waals surface area contributed by atoms with Crippen molar-refractivity contribution in [2.45, 2.75) is 70.6 Å². The van der Waals surface area contributed by atoms with E-state index in [1.807, 2.05) is 17.7 Å². The number of nitrogens with one attached hydrogen (secondary N) is 1. The lowest BCUT2D eigenvalue weighted by Gasteiger charge is -2.38. The molecule has 3 aliphatic rings. The van der Waals surface area contributed by atoms with Crippen molar-refractivity contribution >= 4 is 11.8 Å². The Morgan fingerprint density at radius 2 is 1.86 bits per heavy atom. The lowest BCUT2D eigenvalue weighted by Crippen LogP contribution is -2.48. The van der Waals surface area contributed by atoms with Crippen LogP contribution in [0.1, 0.15) is 56.5 Å². The number of rotatable bonds is 6. The van der Waals surface area contributed by atoms with Gasteiger partial charge in [-0.1, -0.05) is 31.2 Å². The summed E-state index contributed by atoms with van der Waals surface area (Å²) in [6.07, 6.45) is 5.90. The first-order chi connectivity index (χ1) is 17.7. The molecule has 2 aliphatic heterocycles. The fourth-order valence-electron chi connectivity index (χ4n) is 6.00. The second kappa shape index (κ2) is 10.3. The summed E-state index contributed by atoms with van der Waals surface area (Å²) in [5, 5.41) is 8.41. The monoisotopic (exact) mass is 513 g/mol. The van der Waals surface area contributed by atoms with Gasteiger partial charge in [-0.15, -0.1) is 5.10 Å². The lowest BCUT2D eigenvalue weighted by atomic mass is 9.92. The Morgan fingerprint density at radius 1 is 1.11 bits per heavy atom. The highest BCUT2D eigenvalue weighted by Crippen LogP contribution is 2.40. The van der Waals surface area contributed by atoms with Crippen molar-refractivity contribution in [3.8, 4) is 0 Å². The second-order valence-electron chi connectivity index (χ2n) is 10.4. The van der Waals surface area contributed by atoms with E-state index in [1.54, 1.807) is 6.33 Å². The average Bonchev–Trinajstić information content (AvgIpc) is 3.25. The Bertz CT molecular complexity index is 1180. The van der Waals surface area contributed by atoms with Gasteiger partial charge in [0.2, 0.25) is 5.95 Å². The van der Waals surface area contributed by atoms with Crippen molar-refractivity contribution in [2.75, 3.05) is 23.3 Å². The molecule has 2 fully saturated rings. The fourth-order valence-corrected chi connectivity index (χ4v) is 6.00. The number of halogens is 3. The molecule has 0 amide bonds. The molecule has 0 aromatic carbocycles. The summed E-state index contributed by atoms with van der Waals surface area (Å²) < 4.78 is 41.4. The fraction of sp³-hybridized carbons (Fsp3) is 0.556. The molecule has 1 saturated carbocycles. The van der Waals surface area contributed by atoms with Crippen LogP contribution in [-0.4, -0.2) is 50.0 Å². The molecular weight excluding hydrogens is 479 g/mol. The van der Waals surface area contributed by atoms with Gasteiger partial charge in [0.05, 0.1) is 5.57 Å². The Labute approximate surface area is 215 Å². The summed E-state index contributed by atoms with van der Waals surface area (Å²) in [7, 11) is 0. The van der Waals surface area contributed by atoms with Crippen LogP contribution in [0.25, 0.3) is 0 Å². The first-order valence-electron chi connectivity index (χ1n) is 13.1. The predicted octanol–water partition coefficient (Wildman–Crippen LogP) is 5.59. The number of alkyl halides is 3. The van der Waals surface area contributed by atoms with Crippen molar-refractivity contribution in [1.29, 1.82) is 0 Å². The molecule has 1 aliphatic carbocycles. The van der Waals surface area contributed by atoms with Gasteiger partial charge in [0.15, 0.2) is 0 Å². The van der Waals surface area contributed by atoms with Gasteiger partial charge in [0.25, 0.3) is 0 Å². The van der Waals surface area contributed by atoms with Crippen LogP contribution in [0.4, 0.5) is 24.9 Å². The van der Waals surface area contributed by atoms with Crippen LogP contribution in [0.3, 0.4) is 0 Å². The molecule has 2 bridgehead atoms. The summed E-state index contributed by atoms with van der Waals surface area (Å²) in [5.41, 5.74) is 0.914. The standard InChI is InChI=1S/C27H34F3N7/c1-4-21(27(28,29)30)11-8-17(2)22-7-5-6-12-37-25(22)34-26(35-37)33-24-19-9-10-20(24)15-36(14-19)23-13-18(3)31-16-32-23/h4,8,11,13,16,19-20,22,24H,2,5-7,9-10,12,14-15H2,1,3H3,(H,33,35)/b11-8-,21-4+/t19-,20+,22-,24?/m1/s1. The lowest BCUT2D eigenvalue weighted by molar-refractivity contribution is -0.0883. The van der Waals surface area contributed by atoms with Gasteiger partial charge < -0.3 is 10.2 Å². The number of piperidine rings is 1. The molecule has 0 radical (unpaired) electrons. The molecule has 198 valence electrons. The van der Waals surface area contributed by atoms with Gasteiger partial charge >= 0.3 is 6.18 Å². The van der Waals surface area contributed by atoms with Crippen molar-refractivity contribution in [2.24, 2.45) is 11.8 Å². The van der Waals surface area contributed by atoms with Crippen molar-refractivity contribution in [3.63, 3.8) is 0 Å². The van der Waals surface area contributed by atoms with Gasteiger partial charge in [-0.05, 0) is 56.9 Å². The van der Waals surface area contributed by atoms with E-state index < -0.39 is 11.7 Å². The largest absolute Gasteiger partial charge is 0.416 e. The smallest absolute Gasteiger partial charge is 0.356 e. The van der Waals surface area contributed by atoms with E-state index in [4.69, 9.17) is 10.1 Å². The number of hydrogen-bond acceptors (Lipinski definition) is 6. The van der Waals surface area contributed by atoms with Gasteiger partial charge in [-0.25, -0.2) is 14.6 Å². The Kier molecular flexibility index (Phi) is 7.09. The Morgan fingerprint density at radius 3 is 2.54 bits per heavy atom. The van der Waals surface area contributed by atoms with Gasteiger partial charge in [0.1, 0.15) is 18.0 Å². The summed E-state index contributed by atoms with van der Waals surface area (Å²) in [5.74, 6) is 3.14. The third-order valence-corrected chi connectivity index (χ3v) is 7.93. The summed E-state index contributed by atoms with van der Waals surface area (Å²) in [4.78, 5) is 15.9. The number of nitrogens with zero attached hydrogens (tertiary/aromatic N) is 6. The van der Waals surface area contributed by atoms with Crippen LogP contribution >= 0.6 is 0 Å². The maximum absolute atomic E-state index is 13.2. The maximum Gasteiger partial charge on any atom is 0.416 e. The van der Waals surface area contributed by atoms with Gasteiger partial charge in [-0.2, -0.15) is 18.2 Å². The molecule has 2 aromatic rings. The van der Waals surface area contributed by atoms with E-state index in [1.165, 1.54) is 13.0 Å². The number of aryl methyl sites for hydroxylation is 2. The minimum atomic E-state index is -4.38. The molecular formula is C27H34F3N7. The molecule has 0 spiro atoms. The van der Waals surface area contributed by atoms with E-state index in [2.05, 4.69) is 26.8 Å². The zero-order chi connectivity index (χ0) is 26.2. The number of anilines is 2. The van der Waals surface area contributed by atoms with Crippen LogP contribution in [-0.2, 0) is 6.54 Å². The molecule has 10 heteroatoms. The Hall–Kier alpha value is -3.17. The van der Waals surface area contributed by atoms with Gasteiger partial charge in [0, 0.05) is 43.4 Å². The van der Waals surface area contributed by atoms with E-state index in [0.29, 0.717) is 23.4 Å². The first kappa shape index (κ1) is 25.5. The van der Waals surface area contributed by atoms with Crippen LogP contribution < -0.4 is 10.2 Å². The molecule has 4 heterocycles. The summed E-state index contributed by atoms with van der Waals surface area (Å²) in [6, 6.07) is 2.33. The van der Waals surface area contributed by atoms with Crippen LogP contribution in [0.15, 0.2) is 48.3 Å².